The molecule has 1 saturated carbocycles. The van der Waals surface area contributed by atoms with Crippen LogP contribution < -0.4 is 11.1 Å². The first-order chi connectivity index (χ1) is 7.71. The molecule has 6 heteroatoms. The van der Waals surface area contributed by atoms with E-state index in [9.17, 15) is 4.79 Å². The molecule has 3 N–H and O–H groups in total. The lowest BCUT2D eigenvalue weighted by molar-refractivity contribution is -0.125. The van der Waals surface area contributed by atoms with Crippen molar-refractivity contribution >= 4 is 5.91 Å². The van der Waals surface area contributed by atoms with E-state index in [0.29, 0.717) is 13.1 Å². The normalized spacial score (nSPS) is 18.8. The first-order valence-electron chi connectivity index (χ1n) is 5.77. The van der Waals surface area contributed by atoms with Gasteiger partial charge in [0.25, 0.3) is 0 Å². The second-order valence-electron chi connectivity index (χ2n) is 4.24. The molecule has 0 atom stereocenters. The van der Waals surface area contributed by atoms with Gasteiger partial charge < -0.3 is 11.1 Å². The van der Waals surface area contributed by atoms with Crippen LogP contribution in [0.3, 0.4) is 0 Å². The van der Waals surface area contributed by atoms with E-state index in [-0.39, 0.29) is 5.91 Å². The van der Waals surface area contributed by atoms with Crippen molar-refractivity contribution in [3.05, 3.63) is 10.4 Å². The summed E-state index contributed by atoms with van der Waals surface area (Å²) in [6.45, 7) is 1.13. The molecule has 90 valence electrons. The van der Waals surface area contributed by atoms with Crippen molar-refractivity contribution in [3.8, 4) is 0 Å². The van der Waals surface area contributed by atoms with E-state index in [1.165, 1.54) is 6.42 Å². The monoisotopic (exact) mass is 225 g/mol. The maximum absolute atomic E-state index is 11.5. The summed E-state index contributed by atoms with van der Waals surface area (Å²) in [6.07, 6.45) is 5.65. The van der Waals surface area contributed by atoms with E-state index in [4.69, 9.17) is 11.3 Å². The number of primary amides is 1. The molecule has 0 spiro atoms. The second kappa shape index (κ2) is 6.35. The number of hydrogen-bond acceptors (Lipinski definition) is 3. The molecular weight excluding hydrogens is 206 g/mol. The van der Waals surface area contributed by atoms with E-state index in [0.717, 1.165) is 32.1 Å². The van der Waals surface area contributed by atoms with Crippen LogP contribution in [0, 0.1) is 0 Å². The predicted molar refractivity (Wildman–Crippen MR) is 61.6 cm³/mol. The van der Waals surface area contributed by atoms with Crippen molar-refractivity contribution in [2.75, 3.05) is 13.1 Å². The lowest BCUT2D eigenvalue weighted by Gasteiger charge is -2.35. The molecule has 0 bridgehead atoms. The van der Waals surface area contributed by atoms with Crippen LogP contribution in [0.15, 0.2) is 5.11 Å². The third-order valence-corrected chi connectivity index (χ3v) is 3.14. The van der Waals surface area contributed by atoms with E-state index in [1.54, 1.807) is 0 Å². The molecule has 0 aromatic heterocycles. The molecule has 1 amide bonds. The molecule has 1 aliphatic rings. The van der Waals surface area contributed by atoms with Gasteiger partial charge in [0.2, 0.25) is 5.91 Å². The molecule has 16 heavy (non-hydrogen) atoms. The Labute approximate surface area is 95.2 Å². The van der Waals surface area contributed by atoms with Crippen LogP contribution in [0.25, 0.3) is 10.4 Å². The van der Waals surface area contributed by atoms with Crippen molar-refractivity contribution in [1.29, 1.82) is 0 Å². The van der Waals surface area contributed by atoms with Crippen LogP contribution in [-0.4, -0.2) is 24.5 Å². The van der Waals surface area contributed by atoms with E-state index >= 15 is 0 Å². The lowest BCUT2D eigenvalue weighted by atomic mass is 9.81. The second-order valence-corrected chi connectivity index (χ2v) is 4.24. The van der Waals surface area contributed by atoms with Crippen LogP contribution >= 0.6 is 0 Å². The Hall–Kier alpha value is -1.26. The molecule has 1 aliphatic carbocycles. The molecule has 0 saturated heterocycles. The van der Waals surface area contributed by atoms with Crippen molar-refractivity contribution in [3.63, 3.8) is 0 Å². The largest absolute Gasteiger partial charge is 0.368 e. The van der Waals surface area contributed by atoms with Crippen molar-refractivity contribution in [1.82, 2.24) is 5.32 Å². The van der Waals surface area contributed by atoms with Gasteiger partial charge in [-0.2, -0.15) is 0 Å². The average Bonchev–Trinajstić information content (AvgIpc) is 2.30. The lowest BCUT2D eigenvalue weighted by Crippen LogP contribution is -2.56. The van der Waals surface area contributed by atoms with Gasteiger partial charge >= 0.3 is 0 Å². The van der Waals surface area contributed by atoms with Crippen LogP contribution in [-0.2, 0) is 4.79 Å². The average molecular weight is 225 g/mol. The summed E-state index contributed by atoms with van der Waals surface area (Å²) in [6, 6.07) is 0. The first-order valence-corrected chi connectivity index (χ1v) is 5.77. The Bertz CT molecular complexity index is 279. The zero-order valence-electron chi connectivity index (χ0n) is 9.48. The highest BCUT2D eigenvalue weighted by Gasteiger charge is 2.36. The summed E-state index contributed by atoms with van der Waals surface area (Å²) in [7, 11) is 0. The summed E-state index contributed by atoms with van der Waals surface area (Å²) in [5.41, 5.74) is 13.1. The van der Waals surface area contributed by atoms with Gasteiger partial charge in [-0.3, -0.25) is 4.79 Å². The summed E-state index contributed by atoms with van der Waals surface area (Å²) >= 11 is 0. The highest BCUT2D eigenvalue weighted by Crippen LogP contribution is 2.27. The number of nitrogens with zero attached hydrogens (tertiary/aromatic N) is 3. The van der Waals surface area contributed by atoms with Gasteiger partial charge in [0.15, 0.2) is 0 Å². The first kappa shape index (κ1) is 12.8. The summed E-state index contributed by atoms with van der Waals surface area (Å²) in [5.74, 6) is -0.254. The summed E-state index contributed by atoms with van der Waals surface area (Å²) < 4.78 is 0. The van der Waals surface area contributed by atoms with Crippen LogP contribution in [0.1, 0.15) is 38.5 Å². The zero-order chi connectivity index (χ0) is 11.9. The Morgan fingerprint density at radius 3 is 2.69 bits per heavy atom. The van der Waals surface area contributed by atoms with Gasteiger partial charge in [0, 0.05) is 11.5 Å². The van der Waals surface area contributed by atoms with Crippen molar-refractivity contribution in [2.24, 2.45) is 10.8 Å². The maximum Gasteiger partial charge on any atom is 0.237 e. The molecule has 0 aliphatic heterocycles. The number of nitrogens with one attached hydrogen (secondary N) is 1. The quantitative estimate of drug-likeness (QED) is 0.309. The SMILES string of the molecule is [N-]=[N+]=NCCCNC1(C(N)=O)CCCCC1. The Morgan fingerprint density at radius 2 is 2.12 bits per heavy atom. The zero-order valence-corrected chi connectivity index (χ0v) is 9.48. The van der Waals surface area contributed by atoms with Crippen LogP contribution in [0.5, 0.6) is 0 Å². The van der Waals surface area contributed by atoms with Crippen LogP contribution in [0.2, 0.25) is 0 Å². The topological polar surface area (TPSA) is 104 Å². The van der Waals surface area contributed by atoms with Gasteiger partial charge in [0.1, 0.15) is 0 Å². The van der Waals surface area contributed by atoms with Crippen molar-refractivity contribution in [2.45, 2.75) is 44.1 Å². The van der Waals surface area contributed by atoms with Gasteiger partial charge in [-0.15, -0.1) is 0 Å². The third-order valence-electron chi connectivity index (χ3n) is 3.14. The fourth-order valence-electron chi connectivity index (χ4n) is 2.19. The standard InChI is InChI=1S/C10H19N5O/c11-9(16)10(5-2-1-3-6-10)13-7-4-8-14-15-12/h13H,1-8H2,(H2,11,16). The number of nitrogens with two attached hydrogens (primary N) is 1. The Kier molecular flexibility index (Phi) is 5.08. The number of rotatable bonds is 6. The number of carbonyl (C=O) groups is 1. The molecule has 0 heterocycles. The number of amides is 1. The van der Waals surface area contributed by atoms with Crippen LogP contribution in [0.4, 0.5) is 0 Å². The molecule has 1 rings (SSSR count). The fraction of sp³-hybridized carbons (Fsp3) is 0.900. The van der Waals surface area contributed by atoms with E-state index in [1.807, 2.05) is 0 Å². The Balaban J connectivity index is 2.38. The summed E-state index contributed by atoms with van der Waals surface area (Å²) in [5, 5.41) is 6.68. The fourth-order valence-corrected chi connectivity index (χ4v) is 2.19. The summed E-state index contributed by atoms with van der Waals surface area (Å²) in [4.78, 5) is 14.2. The Morgan fingerprint density at radius 1 is 1.44 bits per heavy atom. The molecule has 0 radical (unpaired) electrons. The number of hydrogen-bond donors (Lipinski definition) is 2. The van der Waals surface area contributed by atoms with E-state index in [2.05, 4.69) is 15.3 Å². The highest BCUT2D eigenvalue weighted by molar-refractivity contribution is 5.84. The minimum Gasteiger partial charge on any atom is -0.368 e. The van der Waals surface area contributed by atoms with Gasteiger partial charge in [-0.1, -0.05) is 24.4 Å². The molecule has 0 aromatic rings. The molecular formula is C10H19N5O. The maximum atomic E-state index is 11.5. The predicted octanol–water partition coefficient (Wildman–Crippen LogP) is 1.46. The van der Waals surface area contributed by atoms with Gasteiger partial charge in [-0.05, 0) is 31.3 Å². The molecule has 0 unspecified atom stereocenters. The van der Waals surface area contributed by atoms with E-state index < -0.39 is 5.54 Å². The third kappa shape index (κ3) is 3.40. The number of carbonyl (C=O) groups excluding carboxylic acids is 1. The van der Waals surface area contributed by atoms with Crippen molar-refractivity contribution < 1.29 is 4.79 Å². The molecule has 6 nitrogen and oxygen atoms in total. The minimum atomic E-state index is -0.519. The smallest absolute Gasteiger partial charge is 0.237 e. The number of azide groups is 1. The molecule has 0 aromatic carbocycles. The minimum absolute atomic E-state index is 0.254. The highest BCUT2D eigenvalue weighted by atomic mass is 16.1. The molecule has 1 fully saturated rings. The van der Waals surface area contributed by atoms with Gasteiger partial charge in [-0.25, -0.2) is 0 Å². The van der Waals surface area contributed by atoms with Gasteiger partial charge in [0.05, 0.1) is 5.54 Å².